The fourth-order valence-corrected chi connectivity index (χ4v) is 1.16. The normalized spacial score (nSPS) is 23.9. The Kier molecular flexibility index (Phi) is 1.88. The maximum atomic E-state index is 12.9. The largest absolute Gasteiger partial charge is 0.538 e. The van der Waals surface area contributed by atoms with Crippen molar-refractivity contribution in [3.05, 3.63) is 29.6 Å². The third kappa shape index (κ3) is 1.41. The van der Waals surface area contributed by atoms with Crippen molar-refractivity contribution < 1.29 is 27.0 Å². The molecule has 0 saturated carbocycles. The Morgan fingerprint density at radius 3 is 2.71 bits per heavy atom. The van der Waals surface area contributed by atoms with Crippen LogP contribution in [0.15, 0.2) is 18.2 Å². The number of benzene rings is 1. The molecule has 0 saturated heterocycles. The van der Waals surface area contributed by atoms with Crippen LogP contribution in [0.4, 0.5) is 17.6 Å². The van der Waals surface area contributed by atoms with Crippen LogP contribution in [0.5, 0.6) is 5.75 Å². The van der Waals surface area contributed by atoms with Gasteiger partial charge in [-0.3, -0.25) is 0 Å². The van der Waals surface area contributed by atoms with E-state index in [0.717, 1.165) is 18.2 Å². The first kappa shape index (κ1) is 9.26. The molecule has 2 rings (SSSR count). The van der Waals surface area contributed by atoms with E-state index in [1.54, 1.807) is 0 Å². The summed E-state index contributed by atoms with van der Waals surface area (Å²) in [6.45, 7) is 0. The molecule has 1 atom stereocenters. The zero-order valence-corrected chi connectivity index (χ0v) is 6.64. The maximum absolute atomic E-state index is 12.9. The number of fused-ring (bicyclic) bond motifs is 1. The Morgan fingerprint density at radius 2 is 2.00 bits per heavy atom. The molecule has 2 nitrogen and oxygen atoms in total. The lowest BCUT2D eigenvalue weighted by Crippen LogP contribution is -2.34. The van der Waals surface area contributed by atoms with Gasteiger partial charge in [0, 0.05) is 0 Å². The van der Waals surface area contributed by atoms with Gasteiger partial charge in [-0.05, 0) is 12.1 Å². The standard InChI is InChI=1S/C8H4F4O2/c9-4-2-1-3-5-6(4)7(10)14-8(11,12)13-5/h1-3,7H. The van der Waals surface area contributed by atoms with Gasteiger partial charge in [-0.2, -0.15) is 0 Å². The fraction of sp³-hybridized carbons (Fsp3) is 0.250. The molecule has 1 aromatic rings. The minimum absolute atomic E-state index is 0.547. The van der Waals surface area contributed by atoms with E-state index in [9.17, 15) is 17.6 Å². The molecule has 1 aromatic carbocycles. The van der Waals surface area contributed by atoms with Crippen LogP contribution in [0.3, 0.4) is 0 Å². The summed E-state index contributed by atoms with van der Waals surface area (Å²) in [6.07, 6.45) is -6.57. The number of rotatable bonds is 0. The molecule has 76 valence electrons. The monoisotopic (exact) mass is 208 g/mol. The van der Waals surface area contributed by atoms with Gasteiger partial charge in [0.15, 0.2) is 0 Å². The zero-order chi connectivity index (χ0) is 10.3. The van der Waals surface area contributed by atoms with Gasteiger partial charge in [0.05, 0.1) is 5.56 Å². The first-order chi connectivity index (χ1) is 6.49. The lowest BCUT2D eigenvalue weighted by molar-refractivity contribution is -0.398. The van der Waals surface area contributed by atoms with E-state index in [0.29, 0.717) is 0 Å². The summed E-state index contributed by atoms with van der Waals surface area (Å²) in [5.74, 6) is -1.53. The Bertz CT molecular complexity index is 366. The maximum Gasteiger partial charge on any atom is 0.538 e. The quantitative estimate of drug-likeness (QED) is 0.610. The van der Waals surface area contributed by atoms with Crippen molar-refractivity contribution in [3.63, 3.8) is 0 Å². The van der Waals surface area contributed by atoms with E-state index < -0.39 is 29.8 Å². The fourth-order valence-electron chi connectivity index (χ4n) is 1.16. The highest BCUT2D eigenvalue weighted by Gasteiger charge is 2.45. The number of halogens is 4. The molecule has 0 amide bonds. The molecule has 14 heavy (non-hydrogen) atoms. The molecule has 0 aliphatic carbocycles. The molecule has 0 N–H and O–H groups in total. The van der Waals surface area contributed by atoms with Gasteiger partial charge >= 0.3 is 6.29 Å². The molecule has 0 spiro atoms. The average Bonchev–Trinajstić information content (AvgIpc) is 2.00. The van der Waals surface area contributed by atoms with Crippen LogP contribution in [0.25, 0.3) is 0 Å². The van der Waals surface area contributed by atoms with E-state index in [1.807, 2.05) is 0 Å². The molecular formula is C8H4F4O2. The Balaban J connectivity index is 2.50. The van der Waals surface area contributed by atoms with Gasteiger partial charge in [-0.25, -0.2) is 13.5 Å². The summed E-state index contributed by atoms with van der Waals surface area (Å²) in [5.41, 5.74) is -0.640. The first-order valence-electron chi connectivity index (χ1n) is 3.67. The Morgan fingerprint density at radius 1 is 1.29 bits per heavy atom. The van der Waals surface area contributed by atoms with Crippen LogP contribution in [0, 0.1) is 5.82 Å². The molecule has 0 radical (unpaired) electrons. The predicted molar refractivity (Wildman–Crippen MR) is 36.9 cm³/mol. The van der Waals surface area contributed by atoms with Gasteiger partial charge in [-0.1, -0.05) is 6.07 Å². The molecule has 1 unspecified atom stereocenters. The van der Waals surface area contributed by atoms with Crippen molar-refractivity contribution in [1.82, 2.24) is 0 Å². The average molecular weight is 208 g/mol. The van der Waals surface area contributed by atoms with E-state index in [1.165, 1.54) is 0 Å². The summed E-state index contributed by atoms with van der Waals surface area (Å²) in [4.78, 5) is 0. The summed E-state index contributed by atoms with van der Waals surface area (Å²) < 4.78 is 58.2. The molecule has 6 heteroatoms. The van der Waals surface area contributed by atoms with Crippen molar-refractivity contribution in [3.8, 4) is 5.75 Å². The van der Waals surface area contributed by atoms with Gasteiger partial charge < -0.3 is 4.74 Å². The highest BCUT2D eigenvalue weighted by atomic mass is 19.3. The van der Waals surface area contributed by atoms with Crippen LogP contribution in [-0.4, -0.2) is 6.29 Å². The van der Waals surface area contributed by atoms with E-state index in [-0.39, 0.29) is 0 Å². The lowest BCUT2D eigenvalue weighted by atomic mass is 10.2. The second-order valence-corrected chi connectivity index (χ2v) is 2.65. The number of alkyl halides is 3. The predicted octanol–water partition coefficient (Wildman–Crippen LogP) is 2.75. The zero-order valence-electron chi connectivity index (χ0n) is 6.64. The molecule has 1 aliphatic heterocycles. The smallest absolute Gasteiger partial charge is 0.409 e. The SMILES string of the molecule is Fc1cccc2c1C(F)OC(F)(F)O2. The minimum atomic E-state index is -4.06. The summed E-state index contributed by atoms with van der Waals surface area (Å²) >= 11 is 0. The van der Waals surface area contributed by atoms with Gasteiger partial charge in [0.2, 0.25) is 6.36 Å². The highest BCUT2D eigenvalue weighted by molar-refractivity contribution is 5.36. The number of ether oxygens (including phenoxy) is 2. The van der Waals surface area contributed by atoms with Crippen LogP contribution >= 0.6 is 0 Å². The van der Waals surface area contributed by atoms with Crippen molar-refractivity contribution in [2.45, 2.75) is 12.7 Å². The van der Waals surface area contributed by atoms with E-state index >= 15 is 0 Å². The summed E-state index contributed by atoms with van der Waals surface area (Å²) in [5, 5.41) is 0. The van der Waals surface area contributed by atoms with Gasteiger partial charge in [0.1, 0.15) is 11.6 Å². The van der Waals surface area contributed by atoms with E-state index in [2.05, 4.69) is 9.47 Å². The second kappa shape index (κ2) is 2.84. The van der Waals surface area contributed by atoms with Crippen LogP contribution < -0.4 is 4.74 Å². The molecule has 0 fully saturated rings. The second-order valence-electron chi connectivity index (χ2n) is 2.65. The molecule has 0 bridgehead atoms. The summed E-state index contributed by atoms with van der Waals surface area (Å²) in [7, 11) is 0. The van der Waals surface area contributed by atoms with Gasteiger partial charge in [-0.15, -0.1) is 8.78 Å². The third-order valence-electron chi connectivity index (χ3n) is 1.71. The van der Waals surface area contributed by atoms with E-state index in [4.69, 9.17) is 0 Å². The van der Waals surface area contributed by atoms with Crippen molar-refractivity contribution in [2.75, 3.05) is 0 Å². The first-order valence-corrected chi connectivity index (χ1v) is 3.67. The molecule has 1 aliphatic rings. The van der Waals surface area contributed by atoms with Crippen LogP contribution in [-0.2, 0) is 4.74 Å². The molecular weight excluding hydrogens is 204 g/mol. The topological polar surface area (TPSA) is 18.5 Å². The molecule has 0 aromatic heterocycles. The summed E-state index contributed by atoms with van der Waals surface area (Å²) in [6, 6.07) is 3.12. The molecule has 1 heterocycles. The number of hydrogen-bond acceptors (Lipinski definition) is 2. The van der Waals surface area contributed by atoms with Crippen LogP contribution in [0.2, 0.25) is 0 Å². The Hall–Kier alpha value is -1.30. The van der Waals surface area contributed by atoms with Crippen LogP contribution in [0.1, 0.15) is 11.9 Å². The lowest BCUT2D eigenvalue weighted by Gasteiger charge is -2.27. The highest BCUT2D eigenvalue weighted by Crippen LogP contribution is 2.41. The minimum Gasteiger partial charge on any atom is -0.409 e. The van der Waals surface area contributed by atoms with Crippen molar-refractivity contribution in [2.24, 2.45) is 0 Å². The Labute approximate surface area is 76.0 Å². The van der Waals surface area contributed by atoms with Gasteiger partial charge in [0.25, 0.3) is 0 Å². The number of hydrogen-bond donors (Lipinski definition) is 0. The van der Waals surface area contributed by atoms with Crippen molar-refractivity contribution >= 4 is 0 Å². The van der Waals surface area contributed by atoms with Crippen molar-refractivity contribution in [1.29, 1.82) is 0 Å². The third-order valence-corrected chi connectivity index (χ3v) is 1.71.